The molecule has 0 atom stereocenters. The predicted octanol–water partition coefficient (Wildman–Crippen LogP) is 4.23. The number of imidazole rings is 1. The van der Waals surface area contributed by atoms with Gasteiger partial charge in [0.2, 0.25) is 5.91 Å². The van der Waals surface area contributed by atoms with Crippen LogP contribution in [0, 0.1) is 6.92 Å². The van der Waals surface area contributed by atoms with Gasteiger partial charge in [-0.25, -0.2) is 14.5 Å². The van der Waals surface area contributed by atoms with Crippen molar-refractivity contribution in [1.82, 2.24) is 33.9 Å². The lowest BCUT2D eigenvalue weighted by molar-refractivity contribution is -0.126. The first-order valence-corrected chi connectivity index (χ1v) is 14.0. The van der Waals surface area contributed by atoms with Crippen LogP contribution < -0.4 is 15.0 Å². The zero-order valence-corrected chi connectivity index (χ0v) is 24.4. The Morgan fingerprint density at radius 2 is 1.90 bits per heavy atom. The van der Waals surface area contributed by atoms with Crippen LogP contribution in [-0.4, -0.2) is 86.7 Å². The fourth-order valence-electron chi connectivity index (χ4n) is 5.21. The molecule has 216 valence electrons. The normalized spacial score (nSPS) is 14.0. The van der Waals surface area contributed by atoms with Crippen molar-refractivity contribution in [3.05, 3.63) is 79.0 Å². The molecular weight excluding hydrogens is 530 g/mol. The topological polar surface area (TPSA) is 96.1 Å². The number of nitrogens with one attached hydrogen (secondary N) is 1. The number of piperazine rings is 1. The summed E-state index contributed by atoms with van der Waals surface area (Å²) in [4.78, 5) is 27.8. The van der Waals surface area contributed by atoms with Gasteiger partial charge < -0.3 is 29.3 Å². The highest BCUT2D eigenvalue weighted by molar-refractivity contribution is 5.89. The zero-order valence-electron chi connectivity index (χ0n) is 24.4. The van der Waals surface area contributed by atoms with Gasteiger partial charge in [-0.15, -0.1) is 0 Å². The van der Waals surface area contributed by atoms with E-state index in [0.717, 1.165) is 64.6 Å². The largest absolute Gasteiger partial charge is 0.457 e. The van der Waals surface area contributed by atoms with E-state index in [2.05, 4.69) is 31.3 Å². The maximum atomic E-state index is 12.6. The van der Waals surface area contributed by atoms with Gasteiger partial charge in [-0.05, 0) is 63.0 Å². The first-order chi connectivity index (χ1) is 20.4. The van der Waals surface area contributed by atoms with Gasteiger partial charge in [0.15, 0.2) is 5.82 Å². The number of hydrogen-bond donors (Lipinski definition) is 1. The van der Waals surface area contributed by atoms with Crippen molar-refractivity contribution >= 4 is 39.6 Å². The molecule has 4 heterocycles. The molecule has 6 rings (SSSR count). The molecule has 11 nitrogen and oxygen atoms in total. The van der Waals surface area contributed by atoms with Crippen molar-refractivity contribution in [3.8, 4) is 11.5 Å². The summed E-state index contributed by atoms with van der Waals surface area (Å²) in [5, 5.41) is 7.91. The molecule has 1 aliphatic heterocycles. The first-order valence-electron chi connectivity index (χ1n) is 14.0. The highest BCUT2D eigenvalue weighted by Gasteiger charge is 2.23. The third-order valence-corrected chi connectivity index (χ3v) is 7.46. The molecule has 42 heavy (non-hydrogen) atoms. The Bertz CT molecular complexity index is 1760. The van der Waals surface area contributed by atoms with Crippen molar-refractivity contribution in [2.24, 2.45) is 7.05 Å². The Labute approximate surface area is 244 Å². The quantitative estimate of drug-likeness (QED) is 0.280. The van der Waals surface area contributed by atoms with Crippen LogP contribution in [0.2, 0.25) is 0 Å². The summed E-state index contributed by atoms with van der Waals surface area (Å²) in [6, 6.07) is 14.0. The van der Waals surface area contributed by atoms with Gasteiger partial charge in [0.05, 0.1) is 23.0 Å². The van der Waals surface area contributed by atoms with Crippen LogP contribution in [0.25, 0.3) is 16.6 Å². The summed E-state index contributed by atoms with van der Waals surface area (Å²) in [5.41, 5.74) is 5.77. The van der Waals surface area contributed by atoms with E-state index >= 15 is 0 Å². The molecule has 0 radical (unpaired) electrons. The van der Waals surface area contributed by atoms with Crippen LogP contribution in [-0.2, 0) is 11.8 Å². The van der Waals surface area contributed by atoms with Gasteiger partial charge in [-0.1, -0.05) is 6.08 Å². The first kappa shape index (κ1) is 27.3. The summed E-state index contributed by atoms with van der Waals surface area (Å²) in [5.74, 6) is 2.29. The Kier molecular flexibility index (Phi) is 7.49. The number of benzene rings is 2. The number of hydrogen-bond acceptors (Lipinski definition) is 8. The van der Waals surface area contributed by atoms with Crippen LogP contribution in [0.4, 0.5) is 17.2 Å². The van der Waals surface area contributed by atoms with Crippen molar-refractivity contribution < 1.29 is 9.53 Å². The molecule has 11 heteroatoms. The molecule has 5 aromatic rings. The van der Waals surface area contributed by atoms with Crippen molar-refractivity contribution in [2.75, 3.05) is 57.0 Å². The molecule has 0 aliphatic carbocycles. The zero-order chi connectivity index (χ0) is 29.2. The standard InChI is InChI=1S/C31H35N9O2/c1-22-18-23(7-10-28(22)42-24-8-9-26-25(19-24)33-21-37(26)4)35-31-30-27(11-13-40(30)34-20-32-31)38-14-16-39(17-15-38)29(41)6-5-12-36(2)3/h5-11,13,18-21H,12,14-17H2,1-4H3,(H,32,34,35)/b6-5+. The monoisotopic (exact) mass is 565 g/mol. The number of likely N-dealkylation sites (N-methyl/N-ethyl adjacent to an activating group) is 1. The van der Waals surface area contributed by atoms with E-state index in [9.17, 15) is 4.79 Å². The van der Waals surface area contributed by atoms with E-state index < -0.39 is 0 Å². The predicted molar refractivity (Wildman–Crippen MR) is 165 cm³/mol. The van der Waals surface area contributed by atoms with Gasteiger partial charge in [-0.2, -0.15) is 5.10 Å². The van der Waals surface area contributed by atoms with Crippen LogP contribution in [0.5, 0.6) is 11.5 Å². The maximum Gasteiger partial charge on any atom is 0.246 e. The number of carbonyl (C=O) groups is 1. The van der Waals surface area contributed by atoms with Crippen LogP contribution >= 0.6 is 0 Å². The Balaban J connectivity index is 1.16. The van der Waals surface area contributed by atoms with E-state index in [4.69, 9.17) is 4.74 Å². The number of aryl methyl sites for hydroxylation is 2. The Morgan fingerprint density at radius 3 is 2.69 bits per heavy atom. The number of rotatable bonds is 8. The highest BCUT2D eigenvalue weighted by atomic mass is 16.5. The lowest BCUT2D eigenvalue weighted by Crippen LogP contribution is -2.48. The number of nitrogens with zero attached hydrogens (tertiary/aromatic N) is 8. The summed E-state index contributed by atoms with van der Waals surface area (Å²) in [6.07, 6.45) is 8.88. The molecule has 0 unspecified atom stereocenters. The van der Waals surface area contributed by atoms with E-state index in [1.54, 1.807) is 18.7 Å². The smallest absolute Gasteiger partial charge is 0.246 e. The van der Waals surface area contributed by atoms with E-state index in [-0.39, 0.29) is 5.91 Å². The summed E-state index contributed by atoms with van der Waals surface area (Å²) >= 11 is 0. The molecule has 2 aromatic carbocycles. The lowest BCUT2D eigenvalue weighted by atomic mass is 10.2. The summed E-state index contributed by atoms with van der Waals surface area (Å²) in [7, 11) is 5.95. The van der Waals surface area contributed by atoms with Crippen LogP contribution in [0.3, 0.4) is 0 Å². The van der Waals surface area contributed by atoms with Crippen molar-refractivity contribution in [2.45, 2.75) is 6.92 Å². The molecule has 0 spiro atoms. The second kappa shape index (κ2) is 11.5. The average molecular weight is 566 g/mol. The van der Waals surface area contributed by atoms with Gasteiger partial charge in [0.25, 0.3) is 0 Å². The molecule has 0 bridgehead atoms. The number of fused-ring (bicyclic) bond motifs is 2. The van der Waals surface area contributed by atoms with E-state index in [1.807, 2.05) is 95.6 Å². The van der Waals surface area contributed by atoms with Gasteiger partial charge in [-0.3, -0.25) is 4.79 Å². The van der Waals surface area contributed by atoms with E-state index in [0.29, 0.717) is 18.9 Å². The Hall–Kier alpha value is -4.90. The SMILES string of the molecule is Cc1cc(Nc2ncnn3ccc(N4CCN(C(=O)/C=C/CN(C)C)CC4)c23)ccc1Oc1ccc2c(c1)ncn2C. The number of aromatic nitrogens is 5. The summed E-state index contributed by atoms with van der Waals surface area (Å²) in [6.45, 7) is 5.55. The molecular formula is C31H35N9O2. The molecule has 0 saturated carbocycles. The average Bonchev–Trinajstić information content (AvgIpc) is 3.58. The maximum absolute atomic E-state index is 12.6. The van der Waals surface area contributed by atoms with Gasteiger partial charge >= 0.3 is 0 Å². The third-order valence-electron chi connectivity index (χ3n) is 7.46. The van der Waals surface area contributed by atoms with Gasteiger partial charge in [0.1, 0.15) is 23.3 Å². The summed E-state index contributed by atoms with van der Waals surface area (Å²) < 4.78 is 10.0. The molecule has 1 aliphatic rings. The third kappa shape index (κ3) is 5.64. The van der Waals surface area contributed by atoms with Crippen molar-refractivity contribution in [3.63, 3.8) is 0 Å². The van der Waals surface area contributed by atoms with E-state index in [1.165, 1.54) is 0 Å². The van der Waals surface area contributed by atoms with Crippen LogP contribution in [0.15, 0.2) is 73.5 Å². The second-order valence-electron chi connectivity index (χ2n) is 10.8. The fourth-order valence-corrected chi connectivity index (χ4v) is 5.21. The number of ether oxygens (including phenoxy) is 1. The highest BCUT2D eigenvalue weighted by Crippen LogP contribution is 2.33. The number of anilines is 3. The second-order valence-corrected chi connectivity index (χ2v) is 10.8. The number of amides is 1. The molecule has 3 aromatic heterocycles. The minimum atomic E-state index is 0.0593. The van der Waals surface area contributed by atoms with Crippen molar-refractivity contribution in [1.29, 1.82) is 0 Å². The molecule has 1 saturated heterocycles. The fraction of sp³-hybridized carbons (Fsp3) is 0.290. The number of carbonyl (C=O) groups excluding carboxylic acids is 1. The molecule has 1 amide bonds. The molecule has 1 fully saturated rings. The minimum Gasteiger partial charge on any atom is -0.457 e. The minimum absolute atomic E-state index is 0.0593. The lowest BCUT2D eigenvalue weighted by Gasteiger charge is -2.35. The van der Waals surface area contributed by atoms with Gasteiger partial charge in [0, 0.05) is 63.8 Å². The Morgan fingerprint density at radius 1 is 1.07 bits per heavy atom. The molecule has 1 N–H and O–H groups in total. The van der Waals surface area contributed by atoms with Crippen LogP contribution in [0.1, 0.15) is 5.56 Å².